The first kappa shape index (κ1) is 16.3. The lowest BCUT2D eigenvalue weighted by Crippen LogP contribution is -2.36. The summed E-state index contributed by atoms with van der Waals surface area (Å²) in [5.41, 5.74) is -0.707. The molecule has 20 heavy (non-hydrogen) atoms. The number of benzene rings is 1. The van der Waals surface area contributed by atoms with Crippen molar-refractivity contribution < 1.29 is 14.3 Å². The molecule has 0 spiro atoms. The maximum atomic E-state index is 12.2. The van der Waals surface area contributed by atoms with Gasteiger partial charge in [-0.15, -0.1) is 11.6 Å². The van der Waals surface area contributed by atoms with E-state index in [-0.39, 0.29) is 6.61 Å². The highest BCUT2D eigenvalue weighted by Crippen LogP contribution is 2.32. The van der Waals surface area contributed by atoms with Gasteiger partial charge < -0.3 is 9.47 Å². The van der Waals surface area contributed by atoms with E-state index < -0.39 is 11.4 Å². The standard InChI is InChI=1S/C15H18ClNO3/c1-3-20-14(18)15(11-17,9-4-10-16)12-5-7-13(19-2)8-6-12/h5-8H,3-4,9-10H2,1-2H3/t15-/m1/s1. The fourth-order valence-corrected chi connectivity index (χ4v) is 2.13. The number of ether oxygens (including phenoxy) is 2. The monoisotopic (exact) mass is 295 g/mol. The summed E-state index contributed by atoms with van der Waals surface area (Å²) in [5.74, 6) is 0.526. The molecule has 0 saturated heterocycles. The Balaban J connectivity index is 3.19. The Morgan fingerprint density at radius 2 is 2.05 bits per heavy atom. The van der Waals surface area contributed by atoms with Gasteiger partial charge in [0.15, 0.2) is 5.41 Å². The van der Waals surface area contributed by atoms with Gasteiger partial charge in [-0.25, -0.2) is 4.79 Å². The summed E-state index contributed by atoms with van der Waals surface area (Å²) in [6.45, 7) is 1.95. The molecule has 0 bridgehead atoms. The predicted octanol–water partition coefficient (Wildman–Crippen LogP) is 3.04. The van der Waals surface area contributed by atoms with E-state index in [4.69, 9.17) is 21.1 Å². The van der Waals surface area contributed by atoms with Crippen molar-refractivity contribution in [3.05, 3.63) is 29.8 Å². The summed E-state index contributed by atoms with van der Waals surface area (Å²) in [6, 6.07) is 8.99. The van der Waals surface area contributed by atoms with Crippen LogP contribution in [0, 0.1) is 11.3 Å². The van der Waals surface area contributed by atoms with Crippen molar-refractivity contribution in [2.45, 2.75) is 25.2 Å². The number of esters is 1. The molecule has 0 radical (unpaired) electrons. The summed E-state index contributed by atoms with van der Waals surface area (Å²) in [4.78, 5) is 12.2. The third-order valence-electron chi connectivity index (χ3n) is 3.08. The van der Waals surface area contributed by atoms with Gasteiger partial charge in [-0.05, 0) is 37.5 Å². The summed E-state index contributed by atoms with van der Waals surface area (Å²) in [7, 11) is 1.56. The van der Waals surface area contributed by atoms with Crippen LogP contribution in [0.2, 0.25) is 0 Å². The van der Waals surface area contributed by atoms with Crippen LogP contribution in [-0.2, 0) is 14.9 Å². The van der Waals surface area contributed by atoms with Crippen molar-refractivity contribution in [2.24, 2.45) is 0 Å². The first-order valence-corrected chi connectivity index (χ1v) is 6.97. The molecule has 1 aromatic rings. The molecule has 0 aliphatic rings. The van der Waals surface area contributed by atoms with E-state index in [0.717, 1.165) is 0 Å². The van der Waals surface area contributed by atoms with Crippen molar-refractivity contribution in [3.63, 3.8) is 0 Å². The fourth-order valence-electron chi connectivity index (χ4n) is 1.99. The third-order valence-corrected chi connectivity index (χ3v) is 3.35. The molecule has 0 unspecified atom stereocenters. The van der Waals surface area contributed by atoms with Gasteiger partial charge in [0.1, 0.15) is 5.75 Å². The van der Waals surface area contributed by atoms with E-state index in [9.17, 15) is 10.1 Å². The number of rotatable bonds is 7. The second-order valence-corrected chi connectivity index (χ2v) is 4.64. The van der Waals surface area contributed by atoms with Crippen LogP contribution >= 0.6 is 11.6 Å². The quantitative estimate of drug-likeness (QED) is 0.573. The van der Waals surface area contributed by atoms with E-state index in [0.29, 0.717) is 30.0 Å². The number of carbonyl (C=O) groups is 1. The molecule has 5 heteroatoms. The van der Waals surface area contributed by atoms with Crippen LogP contribution < -0.4 is 4.74 Å². The fraction of sp³-hybridized carbons (Fsp3) is 0.467. The zero-order valence-electron chi connectivity index (χ0n) is 11.7. The third kappa shape index (κ3) is 3.43. The molecular weight excluding hydrogens is 278 g/mol. The highest BCUT2D eigenvalue weighted by molar-refractivity contribution is 6.17. The Hall–Kier alpha value is -1.73. The average molecular weight is 296 g/mol. The molecule has 0 N–H and O–H groups in total. The number of nitriles is 1. The molecule has 0 aliphatic carbocycles. The van der Waals surface area contributed by atoms with E-state index in [1.165, 1.54) is 0 Å². The summed E-state index contributed by atoms with van der Waals surface area (Å²) < 4.78 is 10.2. The van der Waals surface area contributed by atoms with Gasteiger partial charge >= 0.3 is 5.97 Å². The first-order valence-electron chi connectivity index (χ1n) is 6.43. The maximum absolute atomic E-state index is 12.2. The van der Waals surface area contributed by atoms with Gasteiger partial charge in [-0.2, -0.15) is 5.26 Å². The minimum absolute atomic E-state index is 0.235. The molecular formula is C15H18ClNO3. The predicted molar refractivity (Wildman–Crippen MR) is 76.9 cm³/mol. The Morgan fingerprint density at radius 1 is 1.40 bits per heavy atom. The van der Waals surface area contributed by atoms with E-state index in [2.05, 4.69) is 6.07 Å². The number of carbonyl (C=O) groups excluding carboxylic acids is 1. The first-order chi connectivity index (χ1) is 9.64. The van der Waals surface area contributed by atoms with Crippen LogP contribution in [-0.4, -0.2) is 25.6 Å². The second-order valence-electron chi connectivity index (χ2n) is 4.26. The van der Waals surface area contributed by atoms with Crippen LogP contribution in [0.5, 0.6) is 5.75 Å². The van der Waals surface area contributed by atoms with Crippen LogP contribution in [0.4, 0.5) is 0 Å². The van der Waals surface area contributed by atoms with Crippen molar-refractivity contribution >= 4 is 17.6 Å². The van der Waals surface area contributed by atoms with E-state index in [1.807, 2.05) is 0 Å². The minimum atomic E-state index is -1.31. The number of halogens is 1. The van der Waals surface area contributed by atoms with Gasteiger partial charge in [-0.3, -0.25) is 0 Å². The molecule has 0 amide bonds. The van der Waals surface area contributed by atoms with Crippen molar-refractivity contribution in [3.8, 4) is 11.8 Å². The van der Waals surface area contributed by atoms with Crippen LogP contribution in [0.3, 0.4) is 0 Å². The molecule has 0 aromatic heterocycles. The minimum Gasteiger partial charge on any atom is -0.497 e. The molecule has 1 rings (SSSR count). The lowest BCUT2D eigenvalue weighted by Gasteiger charge is -2.24. The normalized spacial score (nSPS) is 13.1. The highest BCUT2D eigenvalue weighted by Gasteiger charge is 2.41. The topological polar surface area (TPSA) is 59.3 Å². The largest absolute Gasteiger partial charge is 0.497 e. The second kappa shape index (κ2) is 7.76. The van der Waals surface area contributed by atoms with Gasteiger partial charge in [-0.1, -0.05) is 12.1 Å². The van der Waals surface area contributed by atoms with Crippen molar-refractivity contribution in [1.29, 1.82) is 5.26 Å². The van der Waals surface area contributed by atoms with Gasteiger partial charge in [0.25, 0.3) is 0 Å². The number of nitrogens with zero attached hydrogens (tertiary/aromatic N) is 1. The number of hydrogen-bond acceptors (Lipinski definition) is 4. The van der Waals surface area contributed by atoms with Gasteiger partial charge in [0, 0.05) is 5.88 Å². The average Bonchev–Trinajstić information content (AvgIpc) is 2.49. The van der Waals surface area contributed by atoms with Gasteiger partial charge in [0.2, 0.25) is 0 Å². The zero-order valence-corrected chi connectivity index (χ0v) is 12.4. The summed E-state index contributed by atoms with van der Waals surface area (Å²) in [6.07, 6.45) is 0.887. The molecule has 0 saturated carbocycles. The van der Waals surface area contributed by atoms with Crippen LogP contribution in [0.15, 0.2) is 24.3 Å². The lowest BCUT2D eigenvalue weighted by atomic mass is 9.78. The van der Waals surface area contributed by atoms with Crippen molar-refractivity contribution in [1.82, 2.24) is 0 Å². The molecule has 4 nitrogen and oxygen atoms in total. The molecule has 1 atom stereocenters. The molecule has 0 fully saturated rings. The molecule has 0 aliphatic heterocycles. The van der Waals surface area contributed by atoms with E-state index >= 15 is 0 Å². The zero-order chi connectivity index (χ0) is 15.0. The maximum Gasteiger partial charge on any atom is 0.331 e. The number of alkyl halides is 1. The Kier molecular flexibility index (Phi) is 6.33. The lowest BCUT2D eigenvalue weighted by molar-refractivity contribution is -0.148. The number of methoxy groups -OCH3 is 1. The SMILES string of the molecule is CCOC(=O)[C@@](C#N)(CCCCl)c1ccc(OC)cc1. The molecule has 0 heterocycles. The number of hydrogen-bond donors (Lipinski definition) is 0. The summed E-state index contributed by atoms with van der Waals surface area (Å²) >= 11 is 5.70. The highest BCUT2D eigenvalue weighted by atomic mass is 35.5. The molecule has 1 aromatic carbocycles. The van der Waals surface area contributed by atoms with Gasteiger partial charge in [0.05, 0.1) is 19.8 Å². The smallest absolute Gasteiger partial charge is 0.331 e. The molecule has 108 valence electrons. The Morgan fingerprint density at radius 3 is 2.50 bits per heavy atom. The van der Waals surface area contributed by atoms with Crippen LogP contribution in [0.25, 0.3) is 0 Å². The summed E-state index contributed by atoms with van der Waals surface area (Å²) in [5, 5.41) is 9.55. The Labute approximate surface area is 124 Å². The van der Waals surface area contributed by atoms with Crippen molar-refractivity contribution in [2.75, 3.05) is 19.6 Å². The van der Waals surface area contributed by atoms with Crippen LogP contribution in [0.1, 0.15) is 25.3 Å². The van der Waals surface area contributed by atoms with E-state index in [1.54, 1.807) is 38.3 Å². The Bertz CT molecular complexity index is 481.